The smallest absolute Gasteiger partial charge is 0.253 e. The van der Waals surface area contributed by atoms with Crippen LogP contribution in [0.4, 0.5) is 0 Å². The zero-order valence-corrected chi connectivity index (χ0v) is 12.5. The molecule has 6 heteroatoms. The summed E-state index contributed by atoms with van der Waals surface area (Å²) in [5.74, 6) is -0.542. The van der Waals surface area contributed by atoms with Gasteiger partial charge in [0.05, 0.1) is 17.1 Å². The quantitative estimate of drug-likeness (QED) is 0.793. The van der Waals surface area contributed by atoms with E-state index in [1.807, 2.05) is 19.2 Å². The molecule has 0 aliphatic rings. The lowest BCUT2D eigenvalue weighted by atomic mass is 10.2. The molecule has 4 nitrogen and oxygen atoms in total. The molecule has 0 aromatic heterocycles. The molecule has 2 N–H and O–H groups in total. The molecule has 0 aliphatic carbocycles. The number of nitrogens with one attached hydrogen (secondary N) is 2. The molecule has 1 rings (SSSR count). The maximum atomic E-state index is 11.9. The Hall–Kier alpha value is -1.20. The summed E-state index contributed by atoms with van der Waals surface area (Å²) in [6.45, 7) is 2.53. The second kappa shape index (κ2) is 8.07. The van der Waals surface area contributed by atoms with E-state index in [0.717, 1.165) is 11.3 Å². The van der Waals surface area contributed by atoms with Crippen LogP contribution in [0.2, 0.25) is 5.02 Å². The van der Waals surface area contributed by atoms with E-state index in [9.17, 15) is 9.59 Å². The van der Waals surface area contributed by atoms with Gasteiger partial charge in [0.2, 0.25) is 5.91 Å². The van der Waals surface area contributed by atoms with Gasteiger partial charge in [0.25, 0.3) is 5.91 Å². The summed E-state index contributed by atoms with van der Waals surface area (Å²) in [4.78, 5) is 24.3. The third kappa shape index (κ3) is 5.12. The lowest BCUT2D eigenvalue weighted by molar-refractivity contribution is -0.120. The fourth-order valence-electron chi connectivity index (χ4n) is 1.39. The summed E-state index contributed by atoms with van der Waals surface area (Å²) in [5.41, 5.74) is 0.386. The van der Waals surface area contributed by atoms with Crippen LogP contribution in [0.5, 0.6) is 0 Å². The number of halogens is 1. The lowest BCUT2D eigenvalue weighted by Gasteiger charge is -2.08. The van der Waals surface area contributed by atoms with Gasteiger partial charge in [0, 0.05) is 11.4 Å². The Bertz CT molecular complexity index is 466. The van der Waals surface area contributed by atoms with E-state index in [1.165, 1.54) is 11.8 Å². The molecule has 1 aromatic carbocycles. The van der Waals surface area contributed by atoms with Crippen molar-refractivity contribution < 1.29 is 9.59 Å². The van der Waals surface area contributed by atoms with Gasteiger partial charge in [-0.3, -0.25) is 9.59 Å². The van der Waals surface area contributed by atoms with Crippen LogP contribution in [0, 0.1) is 0 Å². The van der Waals surface area contributed by atoms with Crippen molar-refractivity contribution in [2.75, 3.05) is 19.3 Å². The third-order valence-electron chi connectivity index (χ3n) is 2.40. The van der Waals surface area contributed by atoms with Crippen molar-refractivity contribution in [1.82, 2.24) is 10.6 Å². The molecule has 0 fully saturated rings. The Morgan fingerprint density at radius 2 is 2.05 bits per heavy atom. The normalized spacial score (nSPS) is 10.1. The number of benzene rings is 1. The molecule has 0 bridgehead atoms. The van der Waals surface area contributed by atoms with Crippen molar-refractivity contribution in [2.24, 2.45) is 0 Å². The zero-order valence-electron chi connectivity index (χ0n) is 11.0. The molecule has 104 valence electrons. The maximum absolute atomic E-state index is 11.9. The van der Waals surface area contributed by atoms with Gasteiger partial charge in [0.15, 0.2) is 0 Å². The van der Waals surface area contributed by atoms with Gasteiger partial charge in [-0.15, -0.1) is 11.8 Å². The van der Waals surface area contributed by atoms with Crippen molar-refractivity contribution in [3.05, 3.63) is 28.8 Å². The minimum atomic E-state index is -0.340. The Morgan fingerprint density at radius 3 is 2.68 bits per heavy atom. The van der Waals surface area contributed by atoms with Gasteiger partial charge in [0.1, 0.15) is 0 Å². The van der Waals surface area contributed by atoms with E-state index in [4.69, 9.17) is 11.6 Å². The van der Waals surface area contributed by atoms with Crippen LogP contribution < -0.4 is 10.6 Å². The van der Waals surface area contributed by atoms with Gasteiger partial charge in [-0.25, -0.2) is 0 Å². The lowest BCUT2D eigenvalue weighted by Crippen LogP contribution is -2.37. The van der Waals surface area contributed by atoms with E-state index in [-0.39, 0.29) is 18.4 Å². The number of hydrogen-bond acceptors (Lipinski definition) is 3. The highest BCUT2D eigenvalue weighted by Crippen LogP contribution is 2.22. The fourth-order valence-corrected chi connectivity index (χ4v) is 2.03. The number of carbonyl (C=O) groups is 2. The second-order valence-electron chi connectivity index (χ2n) is 3.88. The highest BCUT2D eigenvalue weighted by molar-refractivity contribution is 7.98. The van der Waals surface area contributed by atoms with Crippen molar-refractivity contribution in [2.45, 2.75) is 18.2 Å². The van der Waals surface area contributed by atoms with Crippen LogP contribution in [-0.2, 0) is 4.79 Å². The molecule has 0 saturated carbocycles. The standard InChI is InChI=1S/C13H17ClN2O2S/c1-3-6-15-12(17)8-16-13(18)10-7-9(19-2)4-5-11(10)14/h4-5,7H,3,6,8H2,1-2H3,(H,15,17)(H,16,18). The van der Waals surface area contributed by atoms with Crippen molar-refractivity contribution in [1.29, 1.82) is 0 Å². The molecule has 0 aliphatic heterocycles. The topological polar surface area (TPSA) is 58.2 Å². The number of thioether (sulfide) groups is 1. The first-order valence-electron chi connectivity index (χ1n) is 5.97. The van der Waals surface area contributed by atoms with Crippen LogP contribution in [0.25, 0.3) is 0 Å². The van der Waals surface area contributed by atoms with E-state index in [0.29, 0.717) is 17.1 Å². The van der Waals surface area contributed by atoms with E-state index >= 15 is 0 Å². The van der Waals surface area contributed by atoms with E-state index < -0.39 is 0 Å². The largest absolute Gasteiger partial charge is 0.355 e. The van der Waals surface area contributed by atoms with E-state index in [1.54, 1.807) is 12.1 Å². The van der Waals surface area contributed by atoms with Crippen LogP contribution in [-0.4, -0.2) is 31.2 Å². The number of carbonyl (C=O) groups excluding carboxylic acids is 2. The number of rotatable bonds is 6. The minimum absolute atomic E-state index is 0.0430. The Balaban J connectivity index is 2.60. The Morgan fingerprint density at radius 1 is 1.32 bits per heavy atom. The first-order valence-corrected chi connectivity index (χ1v) is 7.57. The summed E-state index contributed by atoms with van der Waals surface area (Å²) >= 11 is 7.50. The van der Waals surface area contributed by atoms with Crippen LogP contribution in [0.3, 0.4) is 0 Å². The minimum Gasteiger partial charge on any atom is -0.355 e. The molecule has 0 radical (unpaired) electrons. The molecule has 0 heterocycles. The van der Waals surface area contributed by atoms with Crippen LogP contribution in [0.1, 0.15) is 23.7 Å². The van der Waals surface area contributed by atoms with Gasteiger partial charge >= 0.3 is 0 Å². The van der Waals surface area contributed by atoms with Crippen molar-refractivity contribution in [3.8, 4) is 0 Å². The third-order valence-corrected chi connectivity index (χ3v) is 3.45. The predicted molar refractivity (Wildman–Crippen MR) is 78.9 cm³/mol. The Kier molecular flexibility index (Phi) is 6.73. The predicted octanol–water partition coefficient (Wildman–Crippen LogP) is 2.32. The molecular formula is C13H17ClN2O2S. The molecule has 0 atom stereocenters. The SMILES string of the molecule is CCCNC(=O)CNC(=O)c1cc(SC)ccc1Cl. The second-order valence-corrected chi connectivity index (χ2v) is 5.17. The zero-order chi connectivity index (χ0) is 14.3. The number of hydrogen-bond donors (Lipinski definition) is 2. The summed E-state index contributed by atoms with van der Waals surface area (Å²) < 4.78 is 0. The van der Waals surface area contributed by atoms with Gasteiger partial charge in [-0.05, 0) is 30.9 Å². The monoisotopic (exact) mass is 300 g/mol. The van der Waals surface area contributed by atoms with Gasteiger partial charge in [-0.2, -0.15) is 0 Å². The summed E-state index contributed by atoms with van der Waals surface area (Å²) in [7, 11) is 0. The number of amides is 2. The van der Waals surface area contributed by atoms with Crippen molar-refractivity contribution >= 4 is 35.2 Å². The molecule has 0 saturated heterocycles. The van der Waals surface area contributed by atoms with Crippen LogP contribution in [0.15, 0.2) is 23.1 Å². The van der Waals surface area contributed by atoms with Crippen molar-refractivity contribution in [3.63, 3.8) is 0 Å². The van der Waals surface area contributed by atoms with E-state index in [2.05, 4.69) is 10.6 Å². The average molecular weight is 301 g/mol. The van der Waals surface area contributed by atoms with Crippen LogP contribution >= 0.6 is 23.4 Å². The highest BCUT2D eigenvalue weighted by atomic mass is 35.5. The summed E-state index contributed by atoms with van der Waals surface area (Å²) in [6.07, 6.45) is 2.78. The van der Waals surface area contributed by atoms with Gasteiger partial charge < -0.3 is 10.6 Å². The fraction of sp³-hybridized carbons (Fsp3) is 0.385. The molecule has 19 heavy (non-hydrogen) atoms. The molecule has 2 amide bonds. The van der Waals surface area contributed by atoms with Gasteiger partial charge in [-0.1, -0.05) is 18.5 Å². The molecular weight excluding hydrogens is 284 g/mol. The summed E-state index contributed by atoms with van der Waals surface area (Å²) in [5, 5.41) is 5.62. The maximum Gasteiger partial charge on any atom is 0.253 e. The first kappa shape index (κ1) is 15.9. The molecule has 0 unspecified atom stereocenters. The average Bonchev–Trinajstić information content (AvgIpc) is 2.43. The highest BCUT2D eigenvalue weighted by Gasteiger charge is 2.12. The first-order chi connectivity index (χ1) is 9.08. The Labute approximate surface area is 122 Å². The summed E-state index contributed by atoms with van der Waals surface area (Å²) in [6, 6.07) is 5.24. The molecule has 0 spiro atoms. The molecule has 1 aromatic rings.